The lowest BCUT2D eigenvalue weighted by molar-refractivity contribution is 0.624. The van der Waals surface area contributed by atoms with Crippen LogP contribution < -0.4 is 5.32 Å². The number of anilines is 2. The van der Waals surface area contributed by atoms with Gasteiger partial charge in [-0.15, -0.1) is 10.2 Å². The molecule has 1 saturated carbocycles. The molecule has 0 aliphatic heterocycles. The van der Waals surface area contributed by atoms with Gasteiger partial charge in [-0.25, -0.2) is 8.78 Å². The molecule has 1 aromatic heterocycles. The van der Waals surface area contributed by atoms with Gasteiger partial charge in [-0.1, -0.05) is 12.1 Å². The third-order valence-electron chi connectivity index (χ3n) is 4.55. The fraction of sp³-hybridized carbons (Fsp3) is 0.222. The average molecular weight is 326 g/mol. The summed E-state index contributed by atoms with van der Waals surface area (Å²) in [5, 5.41) is 11.7. The molecule has 0 atom stereocenters. The molecule has 0 spiro atoms. The predicted molar refractivity (Wildman–Crippen MR) is 87.1 cm³/mol. The van der Waals surface area contributed by atoms with Gasteiger partial charge >= 0.3 is 0 Å². The van der Waals surface area contributed by atoms with E-state index in [1.165, 1.54) is 24.3 Å². The monoisotopic (exact) mass is 326 g/mol. The molecule has 4 nitrogen and oxygen atoms in total. The van der Waals surface area contributed by atoms with Gasteiger partial charge in [0, 0.05) is 12.7 Å². The van der Waals surface area contributed by atoms with Gasteiger partial charge < -0.3 is 5.32 Å². The molecule has 6 heteroatoms. The van der Waals surface area contributed by atoms with Crippen molar-refractivity contribution in [2.75, 3.05) is 5.32 Å². The Kier molecular flexibility index (Phi) is 3.33. The lowest BCUT2D eigenvalue weighted by atomic mass is 9.95. The number of nitrogens with one attached hydrogen (secondary N) is 1. The first-order valence-corrected chi connectivity index (χ1v) is 7.77. The standard InChI is InChI=1S/C18H16F2N4/c1-24-16(18(10-11-18)12-2-4-13(19)5-3-12)22-23-17(24)21-15-8-6-14(20)7-9-15/h2-9H,10-11H2,1H3,(H,21,23). The van der Waals surface area contributed by atoms with Gasteiger partial charge in [-0.3, -0.25) is 4.57 Å². The first-order chi connectivity index (χ1) is 11.6. The Morgan fingerprint density at radius 1 is 0.917 bits per heavy atom. The molecular formula is C18H16F2N4. The SMILES string of the molecule is Cn1c(Nc2ccc(F)cc2)nnc1C1(c2ccc(F)cc2)CC1. The zero-order chi connectivity index (χ0) is 16.7. The quantitative estimate of drug-likeness (QED) is 0.790. The van der Waals surface area contributed by atoms with Crippen molar-refractivity contribution in [2.24, 2.45) is 7.05 Å². The van der Waals surface area contributed by atoms with Crippen molar-refractivity contribution in [3.8, 4) is 0 Å². The highest BCUT2D eigenvalue weighted by atomic mass is 19.1. The smallest absolute Gasteiger partial charge is 0.228 e. The maximum Gasteiger partial charge on any atom is 0.228 e. The van der Waals surface area contributed by atoms with Gasteiger partial charge in [-0.2, -0.15) is 0 Å². The summed E-state index contributed by atoms with van der Waals surface area (Å²) in [7, 11) is 1.89. The summed E-state index contributed by atoms with van der Waals surface area (Å²) < 4.78 is 28.1. The molecule has 0 saturated heterocycles. The Hall–Kier alpha value is -2.76. The molecule has 1 N–H and O–H groups in total. The fourth-order valence-electron chi connectivity index (χ4n) is 3.05. The molecule has 2 aromatic carbocycles. The Bertz CT molecular complexity index is 865. The summed E-state index contributed by atoms with van der Waals surface area (Å²) in [5.74, 6) is 0.905. The van der Waals surface area contributed by atoms with Gasteiger partial charge in [0.25, 0.3) is 0 Å². The summed E-state index contributed by atoms with van der Waals surface area (Å²) in [6.45, 7) is 0. The molecular weight excluding hydrogens is 310 g/mol. The number of rotatable bonds is 4. The van der Waals surface area contributed by atoms with Crippen LogP contribution in [0, 0.1) is 11.6 Å². The van der Waals surface area contributed by atoms with Gasteiger partial charge in [-0.05, 0) is 54.8 Å². The molecule has 24 heavy (non-hydrogen) atoms. The molecule has 1 aliphatic rings. The number of aromatic nitrogens is 3. The van der Waals surface area contributed by atoms with Gasteiger partial charge in [0.2, 0.25) is 5.95 Å². The highest BCUT2D eigenvalue weighted by molar-refractivity contribution is 5.54. The largest absolute Gasteiger partial charge is 0.324 e. The molecule has 0 bridgehead atoms. The fourth-order valence-corrected chi connectivity index (χ4v) is 3.05. The first-order valence-electron chi connectivity index (χ1n) is 7.77. The third kappa shape index (κ3) is 2.44. The number of hydrogen-bond acceptors (Lipinski definition) is 3. The lowest BCUT2D eigenvalue weighted by Crippen LogP contribution is -2.15. The van der Waals surface area contributed by atoms with E-state index in [1.807, 2.05) is 23.7 Å². The molecule has 0 unspecified atom stereocenters. The van der Waals surface area contributed by atoms with Gasteiger partial charge in [0.1, 0.15) is 17.5 Å². The van der Waals surface area contributed by atoms with Crippen LogP contribution in [0.5, 0.6) is 0 Å². The zero-order valence-corrected chi connectivity index (χ0v) is 13.1. The Morgan fingerprint density at radius 2 is 1.50 bits per heavy atom. The Labute approximate surface area is 138 Å². The highest BCUT2D eigenvalue weighted by Crippen LogP contribution is 2.52. The normalized spacial score (nSPS) is 15.3. The second kappa shape index (κ2) is 5.40. The second-order valence-corrected chi connectivity index (χ2v) is 6.13. The van der Waals surface area contributed by atoms with Gasteiger partial charge in [0.15, 0.2) is 0 Å². The van der Waals surface area contributed by atoms with Crippen molar-refractivity contribution >= 4 is 11.6 Å². The number of benzene rings is 2. The minimum absolute atomic E-state index is 0.196. The van der Waals surface area contributed by atoms with Crippen LogP contribution in [0.1, 0.15) is 24.2 Å². The van der Waals surface area contributed by atoms with E-state index in [4.69, 9.17) is 0 Å². The lowest BCUT2D eigenvalue weighted by Gasteiger charge is -2.15. The molecule has 1 heterocycles. The number of hydrogen-bond donors (Lipinski definition) is 1. The van der Waals surface area contributed by atoms with Crippen LogP contribution in [0.2, 0.25) is 0 Å². The van der Waals surface area contributed by atoms with E-state index in [1.54, 1.807) is 12.1 Å². The molecule has 4 rings (SSSR count). The predicted octanol–water partition coefficient (Wildman–Crippen LogP) is 3.92. The second-order valence-electron chi connectivity index (χ2n) is 6.13. The average Bonchev–Trinajstić information content (AvgIpc) is 3.30. The van der Waals surface area contributed by atoms with Crippen molar-refractivity contribution in [1.29, 1.82) is 0 Å². The number of halogens is 2. The highest BCUT2D eigenvalue weighted by Gasteiger charge is 2.49. The minimum Gasteiger partial charge on any atom is -0.324 e. The van der Waals surface area contributed by atoms with Crippen LogP contribution in [-0.2, 0) is 12.5 Å². The van der Waals surface area contributed by atoms with E-state index in [9.17, 15) is 8.78 Å². The summed E-state index contributed by atoms with van der Waals surface area (Å²) >= 11 is 0. The maximum atomic E-state index is 13.2. The molecule has 1 aliphatic carbocycles. The van der Waals surface area contributed by atoms with Crippen molar-refractivity contribution in [1.82, 2.24) is 14.8 Å². The van der Waals surface area contributed by atoms with Crippen molar-refractivity contribution in [3.05, 3.63) is 71.6 Å². The van der Waals surface area contributed by atoms with Crippen molar-refractivity contribution in [3.63, 3.8) is 0 Å². The van der Waals surface area contributed by atoms with Crippen LogP contribution in [-0.4, -0.2) is 14.8 Å². The van der Waals surface area contributed by atoms with Crippen LogP contribution >= 0.6 is 0 Å². The van der Waals surface area contributed by atoms with Crippen molar-refractivity contribution in [2.45, 2.75) is 18.3 Å². The van der Waals surface area contributed by atoms with Crippen LogP contribution in [0.15, 0.2) is 48.5 Å². The summed E-state index contributed by atoms with van der Waals surface area (Å²) in [5.41, 5.74) is 1.59. The van der Waals surface area contributed by atoms with Crippen LogP contribution in [0.3, 0.4) is 0 Å². The van der Waals surface area contributed by atoms with E-state index < -0.39 is 0 Å². The van der Waals surface area contributed by atoms with Crippen LogP contribution in [0.25, 0.3) is 0 Å². The van der Waals surface area contributed by atoms with Gasteiger partial charge in [0.05, 0.1) is 5.41 Å². The number of nitrogens with zero attached hydrogens (tertiary/aromatic N) is 3. The molecule has 0 radical (unpaired) electrons. The van der Waals surface area contributed by atoms with Crippen LogP contribution in [0.4, 0.5) is 20.4 Å². The van der Waals surface area contributed by atoms with E-state index in [0.29, 0.717) is 5.95 Å². The summed E-state index contributed by atoms with van der Waals surface area (Å²) in [6.07, 6.45) is 1.92. The summed E-state index contributed by atoms with van der Waals surface area (Å²) in [6, 6.07) is 12.6. The maximum absolute atomic E-state index is 13.2. The topological polar surface area (TPSA) is 42.7 Å². The molecule has 122 valence electrons. The zero-order valence-electron chi connectivity index (χ0n) is 13.1. The molecule has 1 fully saturated rings. The molecule has 3 aromatic rings. The third-order valence-corrected chi connectivity index (χ3v) is 4.55. The van der Waals surface area contributed by atoms with E-state index in [0.717, 1.165) is 29.9 Å². The van der Waals surface area contributed by atoms with E-state index >= 15 is 0 Å². The summed E-state index contributed by atoms with van der Waals surface area (Å²) in [4.78, 5) is 0. The van der Waals surface area contributed by atoms with E-state index in [2.05, 4.69) is 15.5 Å². The Balaban J connectivity index is 1.64. The first kappa shape index (κ1) is 14.8. The molecule has 0 amide bonds. The van der Waals surface area contributed by atoms with E-state index in [-0.39, 0.29) is 17.0 Å². The Morgan fingerprint density at radius 3 is 2.08 bits per heavy atom. The van der Waals surface area contributed by atoms with Crippen molar-refractivity contribution < 1.29 is 8.78 Å². The minimum atomic E-state index is -0.285.